The van der Waals surface area contributed by atoms with Crippen molar-refractivity contribution < 1.29 is 28.9 Å². The van der Waals surface area contributed by atoms with Crippen LogP contribution in [0.1, 0.15) is 23.6 Å². The molecule has 162 valence electrons. The molecule has 2 aliphatic rings. The Kier molecular flexibility index (Phi) is 6.47. The van der Waals surface area contributed by atoms with E-state index in [1.54, 1.807) is 25.3 Å². The summed E-state index contributed by atoms with van der Waals surface area (Å²) in [4.78, 5) is 27.4. The third-order valence-corrected chi connectivity index (χ3v) is 6.01. The van der Waals surface area contributed by atoms with Crippen LogP contribution in [-0.2, 0) is 14.3 Å². The second-order valence-electron chi connectivity index (χ2n) is 7.25. The molecule has 0 saturated carbocycles. The highest BCUT2D eigenvalue weighted by atomic mass is 127. The van der Waals surface area contributed by atoms with Crippen molar-refractivity contribution in [1.82, 2.24) is 4.90 Å². The average Bonchev–Trinajstić information content (AvgIpc) is 3.04. The van der Waals surface area contributed by atoms with Crippen LogP contribution in [0, 0.1) is 3.57 Å². The quantitative estimate of drug-likeness (QED) is 0.201. The minimum absolute atomic E-state index is 0.0697. The van der Waals surface area contributed by atoms with E-state index in [1.165, 1.54) is 4.90 Å². The van der Waals surface area contributed by atoms with Crippen molar-refractivity contribution >= 4 is 40.0 Å². The number of carbonyl (C=O) groups is 2. The topological polar surface area (TPSA) is 85.3 Å². The number of fused-ring (bicyclic) bond motifs is 1. The fraction of sp³-hybridized carbons (Fsp3) is 0.304. The molecule has 2 heterocycles. The number of rotatable bonds is 6. The number of Topliss-reactive ketones (excluding diaryl/α,β-unsaturated/α-hetero) is 1. The summed E-state index contributed by atoms with van der Waals surface area (Å²) in [7, 11) is 1.59. The van der Waals surface area contributed by atoms with E-state index in [4.69, 9.17) is 14.2 Å². The lowest BCUT2D eigenvalue weighted by Crippen LogP contribution is -2.31. The maximum Gasteiger partial charge on any atom is 0.295 e. The van der Waals surface area contributed by atoms with E-state index in [0.29, 0.717) is 49.8 Å². The molecular formula is C23H22INO6. The number of halogens is 1. The first-order chi connectivity index (χ1) is 15.0. The van der Waals surface area contributed by atoms with Crippen molar-refractivity contribution in [3.63, 3.8) is 0 Å². The molecule has 2 aliphatic heterocycles. The molecule has 0 aromatic heterocycles. The van der Waals surface area contributed by atoms with Crippen molar-refractivity contribution in [1.29, 1.82) is 0 Å². The summed E-state index contributed by atoms with van der Waals surface area (Å²) >= 11 is 2.20. The Morgan fingerprint density at radius 1 is 1.13 bits per heavy atom. The largest absolute Gasteiger partial charge is 0.507 e. The predicted octanol–water partition coefficient (Wildman–Crippen LogP) is 3.52. The zero-order valence-corrected chi connectivity index (χ0v) is 19.1. The number of carbonyl (C=O) groups excluding carboxylic acids is 2. The summed E-state index contributed by atoms with van der Waals surface area (Å²) < 4.78 is 17.3. The highest BCUT2D eigenvalue weighted by Gasteiger charge is 2.45. The van der Waals surface area contributed by atoms with Crippen molar-refractivity contribution in [2.75, 3.05) is 33.5 Å². The Labute approximate surface area is 193 Å². The van der Waals surface area contributed by atoms with Crippen LogP contribution in [0.15, 0.2) is 48.0 Å². The zero-order chi connectivity index (χ0) is 22.0. The van der Waals surface area contributed by atoms with Crippen LogP contribution in [-0.4, -0.2) is 55.2 Å². The molecule has 2 aromatic rings. The van der Waals surface area contributed by atoms with E-state index in [9.17, 15) is 14.7 Å². The number of amides is 1. The second-order valence-corrected chi connectivity index (χ2v) is 8.49. The summed E-state index contributed by atoms with van der Waals surface area (Å²) in [5.74, 6) is -0.479. The summed E-state index contributed by atoms with van der Waals surface area (Å²) in [6.45, 7) is 1.67. The number of ether oxygens (including phenoxy) is 3. The number of ketones is 1. The summed E-state index contributed by atoms with van der Waals surface area (Å²) in [6.07, 6.45) is 0.578. The summed E-state index contributed by atoms with van der Waals surface area (Å²) in [5, 5.41) is 11.1. The van der Waals surface area contributed by atoms with Gasteiger partial charge in [-0.05, 0) is 64.9 Å². The lowest BCUT2D eigenvalue weighted by atomic mass is 9.95. The molecule has 1 unspecified atom stereocenters. The molecule has 0 spiro atoms. The molecule has 0 bridgehead atoms. The van der Waals surface area contributed by atoms with Crippen LogP contribution >= 0.6 is 22.6 Å². The Morgan fingerprint density at radius 2 is 1.84 bits per heavy atom. The van der Waals surface area contributed by atoms with Crippen molar-refractivity contribution in [3.05, 3.63) is 62.7 Å². The molecule has 8 heteroatoms. The van der Waals surface area contributed by atoms with Gasteiger partial charge in [0.15, 0.2) is 11.5 Å². The Balaban J connectivity index is 1.79. The molecule has 1 saturated heterocycles. The van der Waals surface area contributed by atoms with Crippen LogP contribution < -0.4 is 9.47 Å². The van der Waals surface area contributed by atoms with Crippen molar-refractivity contribution in [2.24, 2.45) is 0 Å². The van der Waals surface area contributed by atoms with E-state index >= 15 is 0 Å². The highest BCUT2D eigenvalue weighted by molar-refractivity contribution is 14.1. The lowest BCUT2D eigenvalue weighted by Gasteiger charge is -2.25. The number of hydrogen-bond acceptors (Lipinski definition) is 6. The molecular weight excluding hydrogens is 513 g/mol. The Morgan fingerprint density at radius 3 is 2.55 bits per heavy atom. The fourth-order valence-electron chi connectivity index (χ4n) is 3.83. The minimum atomic E-state index is -0.701. The van der Waals surface area contributed by atoms with Crippen LogP contribution in [0.4, 0.5) is 0 Å². The van der Waals surface area contributed by atoms with Gasteiger partial charge in [0.05, 0.1) is 11.6 Å². The van der Waals surface area contributed by atoms with Gasteiger partial charge in [-0.15, -0.1) is 0 Å². The molecule has 0 aliphatic carbocycles. The monoisotopic (exact) mass is 535 g/mol. The first-order valence-electron chi connectivity index (χ1n) is 9.94. The fourth-order valence-corrected chi connectivity index (χ4v) is 4.19. The Bertz CT molecular complexity index is 1030. The van der Waals surface area contributed by atoms with Crippen LogP contribution in [0.5, 0.6) is 11.5 Å². The molecule has 7 nitrogen and oxygen atoms in total. The van der Waals surface area contributed by atoms with Gasteiger partial charge in [-0.25, -0.2) is 0 Å². The number of aliphatic hydroxyl groups excluding tert-OH is 1. The number of benzene rings is 2. The van der Waals surface area contributed by atoms with E-state index in [1.807, 2.05) is 24.3 Å². The Hall–Kier alpha value is -2.59. The normalized spacial score (nSPS) is 19.7. The smallest absolute Gasteiger partial charge is 0.295 e. The molecule has 1 fully saturated rings. The summed E-state index contributed by atoms with van der Waals surface area (Å²) in [5.41, 5.74) is 1.23. The lowest BCUT2D eigenvalue weighted by molar-refractivity contribution is -0.140. The van der Waals surface area contributed by atoms with E-state index in [-0.39, 0.29) is 11.3 Å². The van der Waals surface area contributed by atoms with Gasteiger partial charge in [0.2, 0.25) is 0 Å². The van der Waals surface area contributed by atoms with Gasteiger partial charge in [0.1, 0.15) is 19.0 Å². The van der Waals surface area contributed by atoms with Gasteiger partial charge in [-0.3, -0.25) is 9.59 Å². The van der Waals surface area contributed by atoms with Crippen molar-refractivity contribution in [2.45, 2.75) is 12.5 Å². The van der Waals surface area contributed by atoms with Crippen LogP contribution in [0.3, 0.4) is 0 Å². The highest BCUT2D eigenvalue weighted by Crippen LogP contribution is 2.41. The van der Waals surface area contributed by atoms with Gasteiger partial charge in [0, 0.05) is 29.4 Å². The SMILES string of the molecule is COCCCN1C(=O)C(=O)/C(=C(/O)c2ccc3c(c2)OCCO3)C1c1ccc(I)cc1. The second kappa shape index (κ2) is 9.27. The number of likely N-dealkylation sites (tertiary alicyclic amines) is 1. The number of hydrogen-bond donors (Lipinski definition) is 1. The molecule has 31 heavy (non-hydrogen) atoms. The first-order valence-corrected chi connectivity index (χ1v) is 11.0. The number of nitrogens with zero attached hydrogens (tertiary/aromatic N) is 1. The van der Waals surface area contributed by atoms with Crippen LogP contribution in [0.2, 0.25) is 0 Å². The molecule has 1 N–H and O–H groups in total. The maximum atomic E-state index is 13.0. The standard InChI is InChI=1S/C23H22INO6/c1-29-10-2-9-25-20(14-3-6-16(24)7-4-14)19(22(27)23(25)28)21(26)15-5-8-17-18(13-15)31-12-11-30-17/h3-8,13,20,26H,2,9-12H2,1H3/b21-19+. The van der Waals surface area contributed by atoms with Gasteiger partial charge in [0.25, 0.3) is 11.7 Å². The van der Waals surface area contributed by atoms with Gasteiger partial charge in [-0.1, -0.05) is 12.1 Å². The predicted molar refractivity (Wildman–Crippen MR) is 122 cm³/mol. The van der Waals surface area contributed by atoms with Gasteiger partial charge < -0.3 is 24.2 Å². The molecule has 4 rings (SSSR count). The minimum Gasteiger partial charge on any atom is -0.507 e. The molecule has 0 radical (unpaired) electrons. The molecule has 2 aromatic carbocycles. The molecule has 1 amide bonds. The number of methoxy groups -OCH3 is 1. The first kappa shape index (κ1) is 21.6. The average molecular weight is 535 g/mol. The van der Waals surface area contributed by atoms with Gasteiger partial charge >= 0.3 is 0 Å². The third-order valence-electron chi connectivity index (χ3n) is 5.29. The van der Waals surface area contributed by atoms with E-state index in [0.717, 1.165) is 9.13 Å². The van der Waals surface area contributed by atoms with Crippen LogP contribution in [0.25, 0.3) is 5.76 Å². The maximum absolute atomic E-state index is 13.0. The van der Waals surface area contributed by atoms with Crippen molar-refractivity contribution in [3.8, 4) is 11.5 Å². The number of aliphatic hydroxyl groups is 1. The van der Waals surface area contributed by atoms with E-state index < -0.39 is 17.7 Å². The van der Waals surface area contributed by atoms with Gasteiger partial charge in [-0.2, -0.15) is 0 Å². The third kappa shape index (κ3) is 4.27. The zero-order valence-electron chi connectivity index (χ0n) is 17.0. The molecule has 1 atom stereocenters. The van der Waals surface area contributed by atoms with E-state index in [2.05, 4.69) is 22.6 Å². The summed E-state index contributed by atoms with van der Waals surface area (Å²) in [6, 6.07) is 11.9.